The third kappa shape index (κ3) is 4.36. The van der Waals surface area contributed by atoms with E-state index in [4.69, 9.17) is 4.74 Å². The van der Waals surface area contributed by atoms with Gasteiger partial charge in [0.25, 0.3) is 5.91 Å². The molecule has 1 aromatic carbocycles. The molecule has 8 nitrogen and oxygen atoms in total. The molecule has 1 N–H and O–H groups in total. The van der Waals surface area contributed by atoms with Crippen molar-refractivity contribution in [2.24, 2.45) is 0 Å². The molecule has 3 aromatic rings. The number of hydrogen-bond acceptors (Lipinski definition) is 8. The maximum absolute atomic E-state index is 13.3. The number of thioether (sulfide) groups is 1. The Hall–Kier alpha value is -2.79. The molecular weight excluding hydrogens is 429 g/mol. The van der Waals surface area contributed by atoms with Gasteiger partial charge < -0.3 is 4.74 Å². The molecule has 0 aliphatic heterocycles. The molecule has 0 atom stereocenters. The number of esters is 1. The van der Waals surface area contributed by atoms with E-state index in [0.717, 1.165) is 30.5 Å². The van der Waals surface area contributed by atoms with E-state index >= 15 is 0 Å². The van der Waals surface area contributed by atoms with Crippen LogP contribution < -0.4 is 5.32 Å². The van der Waals surface area contributed by atoms with Gasteiger partial charge in [-0.05, 0) is 50.5 Å². The lowest BCUT2D eigenvalue weighted by molar-refractivity contribution is -0.139. The molecule has 1 aliphatic rings. The molecule has 11 heteroatoms. The minimum absolute atomic E-state index is 0.131. The Morgan fingerprint density at radius 3 is 2.83 bits per heavy atom. The van der Waals surface area contributed by atoms with E-state index in [9.17, 15) is 14.0 Å². The van der Waals surface area contributed by atoms with Crippen molar-refractivity contribution in [3.05, 3.63) is 47.0 Å². The lowest BCUT2D eigenvalue weighted by Gasteiger charge is -2.05. The van der Waals surface area contributed by atoms with Crippen LogP contribution >= 0.6 is 23.1 Å². The van der Waals surface area contributed by atoms with Crippen LogP contribution in [0.2, 0.25) is 0 Å². The Bertz CT molecular complexity index is 1080. The third-order valence-electron chi connectivity index (χ3n) is 4.46. The van der Waals surface area contributed by atoms with Gasteiger partial charge in [-0.15, -0.1) is 10.2 Å². The molecule has 1 aliphatic carbocycles. The van der Waals surface area contributed by atoms with E-state index in [1.54, 1.807) is 23.7 Å². The van der Waals surface area contributed by atoms with Crippen LogP contribution in [0.4, 0.5) is 9.52 Å². The first kappa shape index (κ1) is 20.5. The number of aromatic nitrogens is 4. The molecule has 0 unspecified atom stereocenters. The first-order chi connectivity index (χ1) is 14.5. The highest BCUT2D eigenvalue weighted by atomic mass is 32.2. The second kappa shape index (κ2) is 8.92. The summed E-state index contributed by atoms with van der Waals surface area (Å²) in [5, 5.41) is 15.5. The van der Waals surface area contributed by atoms with Gasteiger partial charge in [0.15, 0.2) is 10.0 Å². The van der Waals surface area contributed by atoms with E-state index in [0.29, 0.717) is 27.5 Å². The number of nitrogens with one attached hydrogen (secondary N) is 1. The minimum atomic E-state index is -0.368. The Morgan fingerprint density at radius 1 is 1.27 bits per heavy atom. The number of amides is 1. The van der Waals surface area contributed by atoms with Crippen molar-refractivity contribution in [3.8, 4) is 5.69 Å². The van der Waals surface area contributed by atoms with Crippen molar-refractivity contribution in [1.29, 1.82) is 0 Å². The molecule has 0 fully saturated rings. The molecule has 4 rings (SSSR count). The summed E-state index contributed by atoms with van der Waals surface area (Å²) in [6.45, 7) is 2.07. The van der Waals surface area contributed by atoms with Crippen molar-refractivity contribution in [3.63, 3.8) is 0 Å². The normalized spacial score (nSPS) is 12.6. The number of ether oxygens (including phenoxy) is 1. The second-order valence-corrected chi connectivity index (χ2v) is 8.64. The average molecular weight is 448 g/mol. The quantitative estimate of drug-likeness (QED) is 0.337. The summed E-state index contributed by atoms with van der Waals surface area (Å²) >= 11 is 2.38. The van der Waals surface area contributed by atoms with Gasteiger partial charge in [-0.2, -0.15) is 5.10 Å². The average Bonchev–Trinajstić information content (AvgIpc) is 3.44. The third-order valence-corrected chi connectivity index (χ3v) is 6.41. The fourth-order valence-electron chi connectivity index (χ4n) is 3.21. The predicted octanol–water partition coefficient (Wildman–Crippen LogP) is 3.26. The van der Waals surface area contributed by atoms with Crippen LogP contribution in [-0.4, -0.2) is 44.2 Å². The number of carbonyl (C=O) groups excluding carboxylic acids is 2. The van der Waals surface area contributed by atoms with Crippen molar-refractivity contribution in [1.82, 2.24) is 20.0 Å². The van der Waals surface area contributed by atoms with Gasteiger partial charge >= 0.3 is 5.97 Å². The van der Waals surface area contributed by atoms with Crippen molar-refractivity contribution in [2.45, 2.75) is 30.5 Å². The van der Waals surface area contributed by atoms with Crippen LogP contribution in [0.15, 0.2) is 28.6 Å². The van der Waals surface area contributed by atoms with Crippen molar-refractivity contribution in [2.75, 3.05) is 17.7 Å². The van der Waals surface area contributed by atoms with Crippen LogP contribution in [0.3, 0.4) is 0 Å². The number of rotatable bonds is 7. The van der Waals surface area contributed by atoms with Gasteiger partial charge in [0.05, 0.1) is 18.0 Å². The molecule has 156 valence electrons. The van der Waals surface area contributed by atoms with Gasteiger partial charge in [0, 0.05) is 11.3 Å². The second-order valence-electron chi connectivity index (χ2n) is 6.44. The maximum atomic E-state index is 13.3. The minimum Gasteiger partial charge on any atom is -0.465 e. The van der Waals surface area contributed by atoms with Crippen LogP contribution in [0, 0.1) is 5.82 Å². The molecule has 30 heavy (non-hydrogen) atoms. The molecule has 2 aromatic heterocycles. The number of halogens is 1. The van der Waals surface area contributed by atoms with Gasteiger partial charge in [-0.3, -0.25) is 14.9 Å². The largest absolute Gasteiger partial charge is 0.465 e. The molecule has 0 saturated carbocycles. The van der Waals surface area contributed by atoms with E-state index < -0.39 is 0 Å². The topological polar surface area (TPSA) is 99.0 Å². The molecule has 1 amide bonds. The predicted molar refractivity (Wildman–Crippen MR) is 111 cm³/mol. The van der Waals surface area contributed by atoms with Crippen molar-refractivity contribution < 1.29 is 18.7 Å². The van der Waals surface area contributed by atoms with Crippen LogP contribution in [-0.2, 0) is 22.4 Å². The number of benzene rings is 1. The van der Waals surface area contributed by atoms with Gasteiger partial charge in [0.1, 0.15) is 5.82 Å². The number of fused-ring (bicyclic) bond motifs is 1. The van der Waals surface area contributed by atoms with Gasteiger partial charge in [0.2, 0.25) is 5.13 Å². The van der Waals surface area contributed by atoms with Crippen LogP contribution in [0.25, 0.3) is 5.69 Å². The van der Waals surface area contributed by atoms with E-state index in [2.05, 4.69) is 20.6 Å². The first-order valence-corrected chi connectivity index (χ1v) is 11.2. The fourth-order valence-corrected chi connectivity index (χ4v) is 4.76. The van der Waals surface area contributed by atoms with Crippen molar-refractivity contribution >= 4 is 40.1 Å². The molecule has 0 saturated heterocycles. The monoisotopic (exact) mass is 447 g/mol. The number of anilines is 1. The zero-order valence-corrected chi connectivity index (χ0v) is 17.7. The number of carbonyl (C=O) groups is 2. The van der Waals surface area contributed by atoms with E-state index in [1.807, 2.05) is 0 Å². The summed E-state index contributed by atoms with van der Waals surface area (Å²) in [7, 11) is 0. The first-order valence-electron chi connectivity index (χ1n) is 9.35. The van der Waals surface area contributed by atoms with E-state index in [1.165, 1.54) is 35.2 Å². The van der Waals surface area contributed by atoms with Gasteiger partial charge in [-0.25, -0.2) is 9.07 Å². The summed E-state index contributed by atoms with van der Waals surface area (Å²) in [5.41, 5.74) is 2.91. The Kier molecular flexibility index (Phi) is 6.09. The summed E-state index contributed by atoms with van der Waals surface area (Å²) in [4.78, 5) is 24.3. The molecule has 2 heterocycles. The summed E-state index contributed by atoms with van der Waals surface area (Å²) in [6.07, 6.45) is 2.50. The number of hydrogen-bond donors (Lipinski definition) is 1. The highest BCUT2D eigenvalue weighted by Gasteiger charge is 2.27. The van der Waals surface area contributed by atoms with Gasteiger partial charge in [-0.1, -0.05) is 23.1 Å². The summed E-state index contributed by atoms with van der Waals surface area (Å²) in [6, 6.07) is 6.02. The molecule has 0 spiro atoms. The Labute approximate surface area is 179 Å². The lowest BCUT2D eigenvalue weighted by Crippen LogP contribution is -2.14. The summed E-state index contributed by atoms with van der Waals surface area (Å²) < 4.78 is 20.4. The highest BCUT2D eigenvalue weighted by molar-refractivity contribution is 8.01. The molecule has 0 radical (unpaired) electrons. The van der Waals surface area contributed by atoms with Crippen LogP contribution in [0.5, 0.6) is 0 Å². The fraction of sp³-hybridized carbons (Fsp3) is 0.316. The standard InChI is InChI=1S/C19H18FN5O3S2/c1-2-28-15(26)10-29-19-23-22-18(30-19)21-17(27)16-13-4-3-5-14(13)25(24-16)12-8-6-11(20)7-9-12/h6-9H,2-5,10H2,1H3,(H,21,22,27). The molecule has 0 bridgehead atoms. The Morgan fingerprint density at radius 2 is 2.07 bits per heavy atom. The molecular formula is C19H18FN5O3S2. The SMILES string of the molecule is CCOC(=O)CSc1nnc(NC(=O)c2nn(-c3ccc(F)cc3)c3c2CCC3)s1. The summed E-state index contributed by atoms with van der Waals surface area (Å²) in [5.74, 6) is -0.892. The van der Waals surface area contributed by atoms with E-state index in [-0.39, 0.29) is 23.4 Å². The highest BCUT2D eigenvalue weighted by Crippen LogP contribution is 2.30. The zero-order chi connectivity index (χ0) is 21.1. The zero-order valence-electron chi connectivity index (χ0n) is 16.1. The van der Waals surface area contributed by atoms with Crippen LogP contribution in [0.1, 0.15) is 35.1 Å². The maximum Gasteiger partial charge on any atom is 0.316 e. The number of nitrogens with zero attached hydrogens (tertiary/aromatic N) is 4. The Balaban J connectivity index is 1.49. The smallest absolute Gasteiger partial charge is 0.316 e. The lowest BCUT2D eigenvalue weighted by atomic mass is 10.2.